The first-order valence-electron chi connectivity index (χ1n) is 10.9. The lowest BCUT2D eigenvalue weighted by Crippen LogP contribution is -2.39. The highest BCUT2D eigenvalue weighted by atomic mass is 19.1. The summed E-state index contributed by atoms with van der Waals surface area (Å²) < 4.78 is 25.6. The minimum Gasteiger partial charge on any atom is -0.357 e. The van der Waals surface area contributed by atoms with E-state index < -0.39 is 0 Å². The van der Waals surface area contributed by atoms with Crippen LogP contribution in [0.3, 0.4) is 0 Å². The molecule has 0 saturated carbocycles. The Morgan fingerprint density at radius 3 is 2.93 bits per heavy atom. The van der Waals surface area contributed by atoms with Gasteiger partial charge < -0.3 is 30.4 Å². The average molecular weight is 410 g/mol. The third-order valence-electron chi connectivity index (χ3n) is 6.72. The van der Waals surface area contributed by atoms with Crippen LogP contribution >= 0.6 is 0 Å². The van der Waals surface area contributed by atoms with Gasteiger partial charge in [0.25, 0.3) is 0 Å². The van der Waals surface area contributed by atoms with Crippen LogP contribution in [0.2, 0.25) is 0 Å². The first kappa shape index (κ1) is 18.4. The van der Waals surface area contributed by atoms with Gasteiger partial charge in [0.1, 0.15) is 18.0 Å². The topological polar surface area (TPSA) is 76.9 Å². The molecule has 1 aromatic heterocycles. The van der Waals surface area contributed by atoms with Crippen LogP contribution in [-0.2, 0) is 9.47 Å². The van der Waals surface area contributed by atoms with Crippen LogP contribution in [0.1, 0.15) is 41.8 Å². The number of fused-ring (bicyclic) bond motifs is 2. The van der Waals surface area contributed by atoms with Gasteiger partial charge in [-0.1, -0.05) is 6.42 Å². The van der Waals surface area contributed by atoms with Crippen LogP contribution in [0, 0.1) is 19.7 Å². The van der Waals surface area contributed by atoms with Crippen molar-refractivity contribution in [3.8, 4) is 0 Å². The van der Waals surface area contributed by atoms with E-state index in [4.69, 9.17) is 9.47 Å². The van der Waals surface area contributed by atoms with Crippen LogP contribution in [-0.4, -0.2) is 42.2 Å². The lowest BCUT2D eigenvalue weighted by molar-refractivity contribution is 0.296. The van der Waals surface area contributed by atoms with Crippen LogP contribution in [0.5, 0.6) is 0 Å². The summed E-state index contributed by atoms with van der Waals surface area (Å²) in [4.78, 5) is 3.49. The van der Waals surface area contributed by atoms with Crippen LogP contribution < -0.4 is 16.0 Å². The Morgan fingerprint density at radius 2 is 2.10 bits per heavy atom. The first-order chi connectivity index (χ1) is 14.6. The second-order valence-electron chi connectivity index (χ2n) is 8.80. The molecule has 30 heavy (non-hydrogen) atoms. The van der Waals surface area contributed by atoms with Crippen molar-refractivity contribution in [3.63, 3.8) is 0 Å². The van der Waals surface area contributed by atoms with Crippen molar-refractivity contribution in [2.24, 2.45) is 0 Å². The zero-order chi connectivity index (χ0) is 20.4. The van der Waals surface area contributed by atoms with E-state index in [0.29, 0.717) is 6.04 Å². The monoisotopic (exact) mass is 410 g/mol. The molecule has 0 bridgehead atoms. The Bertz CT molecular complexity index is 1030. The Balaban J connectivity index is 1.26. The quantitative estimate of drug-likeness (QED) is 0.578. The van der Waals surface area contributed by atoms with E-state index in [0.717, 1.165) is 46.0 Å². The van der Waals surface area contributed by atoms with E-state index >= 15 is 0 Å². The molecule has 6 rings (SSSR count). The highest BCUT2D eigenvalue weighted by Gasteiger charge is 2.47. The number of ether oxygens (including phenoxy) is 2. The van der Waals surface area contributed by atoms with Crippen molar-refractivity contribution in [1.29, 1.82) is 0 Å². The van der Waals surface area contributed by atoms with Crippen molar-refractivity contribution in [2.45, 2.75) is 63.8 Å². The maximum atomic E-state index is 13.9. The van der Waals surface area contributed by atoms with Crippen molar-refractivity contribution < 1.29 is 13.9 Å². The molecular weight excluding hydrogens is 383 g/mol. The fraction of sp³-hybridized carbons (Fsp3) is 0.478. The number of aromatic amines is 1. The van der Waals surface area contributed by atoms with E-state index in [1.54, 1.807) is 12.1 Å². The molecule has 3 saturated heterocycles. The van der Waals surface area contributed by atoms with E-state index in [-0.39, 0.29) is 30.5 Å². The Labute approximate surface area is 175 Å². The number of anilines is 2. The van der Waals surface area contributed by atoms with E-state index in [1.165, 1.54) is 25.3 Å². The minimum atomic E-state index is -0.240. The molecule has 0 aliphatic carbocycles. The Hall–Kier alpha value is -2.35. The van der Waals surface area contributed by atoms with Gasteiger partial charge in [-0.25, -0.2) is 4.39 Å². The zero-order valence-electron chi connectivity index (χ0n) is 17.2. The summed E-state index contributed by atoms with van der Waals surface area (Å²) in [6.45, 7) is 5.26. The molecule has 5 atom stereocenters. The van der Waals surface area contributed by atoms with Crippen LogP contribution in [0.25, 0.3) is 11.6 Å². The molecule has 2 aromatic rings. The molecule has 4 aliphatic rings. The summed E-state index contributed by atoms with van der Waals surface area (Å²) in [6.07, 6.45) is 6.04. The van der Waals surface area contributed by atoms with E-state index in [9.17, 15) is 4.39 Å². The summed E-state index contributed by atoms with van der Waals surface area (Å²) >= 11 is 0. The van der Waals surface area contributed by atoms with Gasteiger partial charge in [-0.2, -0.15) is 0 Å². The van der Waals surface area contributed by atoms with Gasteiger partial charge in [0, 0.05) is 28.7 Å². The normalized spacial score (nSPS) is 32.9. The number of halogens is 1. The maximum absolute atomic E-state index is 13.9. The Kier molecular flexibility index (Phi) is 4.20. The molecule has 0 amide bonds. The first-order valence-corrected chi connectivity index (χ1v) is 10.9. The number of benzene rings is 1. The number of piperidine rings is 1. The standard InChI is InChI=1S/C23H27FN4O2/c1-11-18(10-15-14-9-13(24)6-7-16(14)27-22-20(15)29-22)26-12(2)19(11)28-23-21(30-23)17-5-3-4-8-25-17/h6-7,9-10,17,20-23,25-28H,3-5,8H2,1-2H3/b15-10-. The predicted molar refractivity (Wildman–Crippen MR) is 115 cm³/mol. The lowest BCUT2D eigenvalue weighted by atomic mass is 9.95. The third kappa shape index (κ3) is 3.12. The van der Waals surface area contributed by atoms with Crippen LogP contribution in [0.15, 0.2) is 18.2 Å². The second kappa shape index (κ2) is 6.83. The summed E-state index contributed by atoms with van der Waals surface area (Å²) in [7, 11) is 0. The summed E-state index contributed by atoms with van der Waals surface area (Å²) in [5.74, 6) is -0.240. The van der Waals surface area contributed by atoms with Gasteiger partial charge in [-0.05, 0) is 68.6 Å². The predicted octanol–water partition coefficient (Wildman–Crippen LogP) is 3.74. The van der Waals surface area contributed by atoms with Gasteiger partial charge in [0.2, 0.25) is 0 Å². The molecule has 4 N–H and O–H groups in total. The number of hydrogen-bond donors (Lipinski definition) is 4. The fourth-order valence-electron chi connectivity index (χ4n) is 4.94. The maximum Gasteiger partial charge on any atom is 0.159 e. The zero-order valence-corrected chi connectivity index (χ0v) is 17.2. The average Bonchev–Trinajstić information content (AvgIpc) is 3.65. The van der Waals surface area contributed by atoms with Crippen molar-refractivity contribution >= 4 is 23.0 Å². The van der Waals surface area contributed by atoms with Crippen LogP contribution in [0.4, 0.5) is 15.8 Å². The molecular formula is C23H27FN4O2. The van der Waals surface area contributed by atoms with E-state index in [2.05, 4.69) is 40.9 Å². The van der Waals surface area contributed by atoms with Gasteiger partial charge in [0.15, 0.2) is 12.5 Å². The van der Waals surface area contributed by atoms with Crippen molar-refractivity contribution in [3.05, 3.63) is 46.5 Å². The number of epoxide rings is 2. The van der Waals surface area contributed by atoms with Gasteiger partial charge in [-0.15, -0.1) is 0 Å². The lowest BCUT2D eigenvalue weighted by Gasteiger charge is -2.21. The molecule has 0 radical (unpaired) electrons. The third-order valence-corrected chi connectivity index (χ3v) is 6.72. The highest BCUT2D eigenvalue weighted by molar-refractivity contribution is 5.93. The Morgan fingerprint density at radius 1 is 1.20 bits per heavy atom. The number of H-pyrrole nitrogens is 1. The number of nitrogens with one attached hydrogen (secondary N) is 4. The van der Waals surface area contributed by atoms with Crippen molar-refractivity contribution in [2.75, 3.05) is 17.2 Å². The molecule has 5 unspecified atom stereocenters. The smallest absolute Gasteiger partial charge is 0.159 e. The number of hydrogen-bond acceptors (Lipinski definition) is 5. The molecule has 6 nitrogen and oxygen atoms in total. The largest absolute Gasteiger partial charge is 0.357 e. The summed E-state index contributed by atoms with van der Waals surface area (Å²) in [5, 5.41) is 10.5. The number of aryl methyl sites for hydroxylation is 1. The second-order valence-corrected chi connectivity index (χ2v) is 8.80. The highest BCUT2D eigenvalue weighted by Crippen LogP contribution is 2.45. The molecule has 5 heterocycles. The molecule has 7 heteroatoms. The number of rotatable bonds is 4. The molecule has 0 spiro atoms. The summed E-state index contributed by atoms with van der Waals surface area (Å²) in [5.41, 5.74) is 7.11. The molecule has 1 aromatic carbocycles. The van der Waals surface area contributed by atoms with Gasteiger partial charge in [0.05, 0.1) is 5.69 Å². The summed E-state index contributed by atoms with van der Waals surface area (Å²) in [6, 6.07) is 5.28. The molecule has 3 fully saturated rings. The van der Waals surface area contributed by atoms with Crippen molar-refractivity contribution in [1.82, 2.24) is 10.3 Å². The minimum absolute atomic E-state index is 0.0215. The fourth-order valence-corrected chi connectivity index (χ4v) is 4.94. The molecule has 4 aliphatic heterocycles. The SMILES string of the molecule is Cc1[nH]c(/C=C2/c3cc(F)ccc3NC3OC23)c(C)c1NC1OC1C1CCCCN1. The van der Waals surface area contributed by atoms with E-state index in [1.807, 2.05) is 0 Å². The molecule has 158 valence electrons. The van der Waals surface area contributed by atoms with Gasteiger partial charge in [-0.3, -0.25) is 0 Å². The number of aromatic nitrogens is 1. The van der Waals surface area contributed by atoms with Gasteiger partial charge >= 0.3 is 0 Å².